The summed E-state index contributed by atoms with van der Waals surface area (Å²) in [5, 5.41) is 1.87. The van der Waals surface area contributed by atoms with Gasteiger partial charge in [-0.15, -0.1) is 11.3 Å². The van der Waals surface area contributed by atoms with Crippen molar-refractivity contribution in [3.8, 4) is 0 Å². The first-order chi connectivity index (χ1) is 11.7. The first kappa shape index (κ1) is 15.6. The van der Waals surface area contributed by atoms with Gasteiger partial charge in [-0.3, -0.25) is 14.5 Å². The SMILES string of the molecule is O=C(c1cccs1)N1CCN2C(=O)N(C3CCCCC3)C(=O)C2C1. The maximum absolute atomic E-state index is 12.8. The number of fused-ring (bicyclic) bond motifs is 1. The van der Waals surface area contributed by atoms with Crippen molar-refractivity contribution >= 4 is 29.2 Å². The lowest BCUT2D eigenvalue weighted by atomic mass is 9.94. The van der Waals surface area contributed by atoms with E-state index in [9.17, 15) is 14.4 Å². The highest BCUT2D eigenvalue weighted by molar-refractivity contribution is 7.12. The topological polar surface area (TPSA) is 60.9 Å². The lowest BCUT2D eigenvalue weighted by Crippen LogP contribution is -2.54. The highest BCUT2D eigenvalue weighted by atomic mass is 32.1. The van der Waals surface area contributed by atoms with E-state index in [1.807, 2.05) is 11.4 Å². The Bertz CT molecular complexity index is 654. The molecule has 4 amide bonds. The van der Waals surface area contributed by atoms with Crippen LogP contribution < -0.4 is 0 Å². The molecule has 1 aromatic rings. The summed E-state index contributed by atoms with van der Waals surface area (Å²) in [6.07, 6.45) is 5.17. The summed E-state index contributed by atoms with van der Waals surface area (Å²) in [5.74, 6) is -0.156. The molecule has 0 spiro atoms. The molecule has 1 aliphatic carbocycles. The van der Waals surface area contributed by atoms with E-state index in [0.29, 0.717) is 24.5 Å². The third kappa shape index (κ3) is 2.51. The molecular weight excluding hydrogens is 326 g/mol. The van der Waals surface area contributed by atoms with Crippen LogP contribution in [0.1, 0.15) is 41.8 Å². The minimum atomic E-state index is -0.503. The predicted octanol–water partition coefficient (Wildman–Crippen LogP) is 2.17. The number of hydrogen-bond acceptors (Lipinski definition) is 4. The molecule has 128 valence electrons. The van der Waals surface area contributed by atoms with E-state index in [-0.39, 0.29) is 23.9 Å². The maximum Gasteiger partial charge on any atom is 0.327 e. The zero-order valence-corrected chi connectivity index (χ0v) is 14.3. The number of imide groups is 1. The van der Waals surface area contributed by atoms with E-state index in [2.05, 4.69) is 0 Å². The Kier molecular flexibility index (Phi) is 4.04. The number of amides is 4. The van der Waals surface area contributed by atoms with Gasteiger partial charge < -0.3 is 9.80 Å². The quantitative estimate of drug-likeness (QED) is 0.771. The third-order valence-corrected chi connectivity index (χ3v) is 6.17. The zero-order chi connectivity index (χ0) is 16.7. The second-order valence-electron chi connectivity index (χ2n) is 6.72. The molecule has 1 atom stereocenters. The fourth-order valence-electron chi connectivity index (χ4n) is 4.03. The van der Waals surface area contributed by atoms with Gasteiger partial charge in [-0.2, -0.15) is 0 Å². The first-order valence-corrected chi connectivity index (χ1v) is 9.51. The van der Waals surface area contributed by atoms with E-state index >= 15 is 0 Å². The number of thiophene rings is 1. The fraction of sp³-hybridized carbons (Fsp3) is 0.588. The van der Waals surface area contributed by atoms with Crippen LogP contribution in [-0.4, -0.2) is 64.3 Å². The van der Waals surface area contributed by atoms with Crippen LogP contribution in [0.4, 0.5) is 4.79 Å². The average Bonchev–Trinajstić information content (AvgIpc) is 3.23. The van der Waals surface area contributed by atoms with E-state index in [0.717, 1.165) is 25.7 Å². The molecule has 1 aromatic heterocycles. The van der Waals surface area contributed by atoms with Crippen LogP contribution in [0.2, 0.25) is 0 Å². The van der Waals surface area contributed by atoms with Gasteiger partial charge in [0.05, 0.1) is 11.4 Å². The van der Waals surface area contributed by atoms with Gasteiger partial charge in [0.2, 0.25) is 0 Å². The molecule has 24 heavy (non-hydrogen) atoms. The number of urea groups is 1. The Morgan fingerprint density at radius 1 is 1.12 bits per heavy atom. The molecule has 2 aliphatic heterocycles. The van der Waals surface area contributed by atoms with Gasteiger partial charge in [-0.1, -0.05) is 25.3 Å². The molecule has 1 saturated carbocycles. The smallest absolute Gasteiger partial charge is 0.327 e. The fourth-order valence-corrected chi connectivity index (χ4v) is 4.72. The van der Waals surface area contributed by atoms with Gasteiger partial charge in [0.1, 0.15) is 6.04 Å². The van der Waals surface area contributed by atoms with Gasteiger partial charge >= 0.3 is 6.03 Å². The second kappa shape index (κ2) is 6.20. The number of carbonyl (C=O) groups is 3. The van der Waals surface area contributed by atoms with Crippen LogP contribution in [0.3, 0.4) is 0 Å². The van der Waals surface area contributed by atoms with Crippen molar-refractivity contribution in [3.63, 3.8) is 0 Å². The van der Waals surface area contributed by atoms with Crippen LogP contribution in [0.25, 0.3) is 0 Å². The number of piperazine rings is 1. The number of carbonyl (C=O) groups excluding carboxylic acids is 3. The lowest BCUT2D eigenvalue weighted by Gasteiger charge is -2.35. The summed E-state index contributed by atoms with van der Waals surface area (Å²) in [7, 11) is 0. The minimum absolute atomic E-state index is 0.0407. The van der Waals surface area contributed by atoms with E-state index in [1.54, 1.807) is 15.9 Å². The van der Waals surface area contributed by atoms with E-state index in [4.69, 9.17) is 0 Å². The second-order valence-corrected chi connectivity index (χ2v) is 7.67. The first-order valence-electron chi connectivity index (χ1n) is 8.63. The van der Waals surface area contributed by atoms with Gasteiger partial charge in [-0.25, -0.2) is 4.79 Å². The normalized spacial score (nSPS) is 25.3. The summed E-state index contributed by atoms with van der Waals surface area (Å²) in [6, 6.07) is 3.04. The van der Waals surface area contributed by atoms with Crippen molar-refractivity contribution in [2.24, 2.45) is 0 Å². The van der Waals surface area contributed by atoms with E-state index < -0.39 is 6.04 Å². The van der Waals surface area contributed by atoms with Crippen molar-refractivity contribution in [1.82, 2.24) is 14.7 Å². The largest absolute Gasteiger partial charge is 0.334 e. The maximum atomic E-state index is 12.8. The Morgan fingerprint density at radius 2 is 1.92 bits per heavy atom. The average molecular weight is 347 g/mol. The predicted molar refractivity (Wildman–Crippen MR) is 89.8 cm³/mol. The van der Waals surface area contributed by atoms with Gasteiger partial charge in [0.25, 0.3) is 11.8 Å². The Hall–Kier alpha value is -1.89. The molecule has 1 unspecified atom stereocenters. The number of rotatable bonds is 2. The summed E-state index contributed by atoms with van der Waals surface area (Å²) in [6.45, 7) is 1.24. The van der Waals surface area contributed by atoms with Crippen LogP contribution in [-0.2, 0) is 4.79 Å². The van der Waals surface area contributed by atoms with Crippen molar-refractivity contribution in [2.75, 3.05) is 19.6 Å². The van der Waals surface area contributed by atoms with Crippen LogP contribution >= 0.6 is 11.3 Å². The molecule has 3 fully saturated rings. The van der Waals surface area contributed by atoms with Gasteiger partial charge in [-0.05, 0) is 24.3 Å². The summed E-state index contributed by atoms with van der Waals surface area (Å²) >= 11 is 1.41. The summed E-state index contributed by atoms with van der Waals surface area (Å²) in [4.78, 5) is 43.6. The van der Waals surface area contributed by atoms with Crippen molar-refractivity contribution < 1.29 is 14.4 Å². The standard InChI is InChI=1S/C17H21N3O3S/c21-15-13-11-18(16(22)14-7-4-10-24-14)8-9-19(13)17(23)20(15)12-5-2-1-3-6-12/h4,7,10,12-13H,1-3,5-6,8-9,11H2. The molecule has 4 rings (SSSR count). The molecular formula is C17H21N3O3S. The number of nitrogens with zero attached hydrogens (tertiary/aromatic N) is 3. The van der Waals surface area contributed by atoms with Gasteiger partial charge in [0.15, 0.2) is 0 Å². The molecule has 3 aliphatic rings. The Morgan fingerprint density at radius 3 is 2.62 bits per heavy atom. The van der Waals surface area contributed by atoms with Crippen LogP contribution in [0.5, 0.6) is 0 Å². The lowest BCUT2D eigenvalue weighted by molar-refractivity contribution is -0.131. The molecule has 2 saturated heterocycles. The van der Waals surface area contributed by atoms with Crippen LogP contribution in [0, 0.1) is 0 Å². The van der Waals surface area contributed by atoms with Crippen molar-refractivity contribution in [2.45, 2.75) is 44.2 Å². The van der Waals surface area contributed by atoms with Gasteiger partial charge in [0, 0.05) is 19.1 Å². The van der Waals surface area contributed by atoms with E-state index in [1.165, 1.54) is 22.7 Å². The summed E-state index contributed by atoms with van der Waals surface area (Å²) < 4.78 is 0. The molecule has 6 nitrogen and oxygen atoms in total. The highest BCUT2D eigenvalue weighted by Gasteiger charge is 2.50. The highest BCUT2D eigenvalue weighted by Crippen LogP contribution is 2.30. The summed E-state index contributed by atoms with van der Waals surface area (Å²) in [5.41, 5.74) is 0. The molecule has 7 heteroatoms. The van der Waals surface area contributed by atoms with Crippen molar-refractivity contribution in [1.29, 1.82) is 0 Å². The van der Waals surface area contributed by atoms with Crippen molar-refractivity contribution in [3.05, 3.63) is 22.4 Å². The Balaban J connectivity index is 1.50. The molecule has 0 radical (unpaired) electrons. The molecule has 3 heterocycles. The number of hydrogen-bond donors (Lipinski definition) is 0. The van der Waals surface area contributed by atoms with Crippen LogP contribution in [0.15, 0.2) is 17.5 Å². The molecule has 0 N–H and O–H groups in total. The zero-order valence-electron chi connectivity index (χ0n) is 13.5. The molecule has 0 bridgehead atoms. The monoisotopic (exact) mass is 347 g/mol. The third-order valence-electron chi connectivity index (χ3n) is 5.31. The minimum Gasteiger partial charge on any atom is -0.334 e. The molecule has 0 aromatic carbocycles. The Labute approximate surface area is 145 Å².